The lowest BCUT2D eigenvalue weighted by Gasteiger charge is -2.48. The lowest BCUT2D eigenvalue weighted by molar-refractivity contribution is 0.183. The fourth-order valence-electron chi connectivity index (χ4n) is 7.50. The van der Waals surface area contributed by atoms with Gasteiger partial charge in [0.15, 0.2) is 0 Å². The van der Waals surface area contributed by atoms with Crippen molar-refractivity contribution in [2.45, 2.75) is 57.3 Å². The SMILES string of the molecule is CCCC1CC(C(c2ccccc2)(c2ccccc2)C2CCCC2)C2C=CC=CC12. The summed E-state index contributed by atoms with van der Waals surface area (Å²) in [5.41, 5.74) is 3.25. The third kappa shape index (κ3) is 3.20. The van der Waals surface area contributed by atoms with Crippen molar-refractivity contribution in [3.8, 4) is 0 Å². The number of hydrogen-bond acceptors (Lipinski definition) is 0. The molecule has 2 saturated carbocycles. The highest BCUT2D eigenvalue weighted by Gasteiger charge is 2.55. The van der Waals surface area contributed by atoms with Gasteiger partial charge in [0.2, 0.25) is 0 Å². The highest BCUT2D eigenvalue weighted by atomic mass is 14.6. The Kier molecular flexibility index (Phi) is 5.68. The average molecular weight is 397 g/mol. The smallest absolute Gasteiger partial charge is 0.0265 e. The van der Waals surface area contributed by atoms with Crippen LogP contribution in [0.15, 0.2) is 85.0 Å². The van der Waals surface area contributed by atoms with E-state index in [0.29, 0.717) is 17.8 Å². The lowest BCUT2D eigenvalue weighted by Crippen LogP contribution is -2.44. The van der Waals surface area contributed by atoms with Gasteiger partial charge in [-0.25, -0.2) is 0 Å². The van der Waals surface area contributed by atoms with E-state index in [4.69, 9.17) is 0 Å². The third-order valence-electron chi connectivity index (χ3n) is 8.53. The molecule has 0 heterocycles. The van der Waals surface area contributed by atoms with Crippen LogP contribution in [0.2, 0.25) is 0 Å². The molecule has 156 valence electrons. The first-order valence-corrected chi connectivity index (χ1v) is 12.3. The second-order valence-electron chi connectivity index (χ2n) is 9.90. The first-order valence-electron chi connectivity index (χ1n) is 12.3. The van der Waals surface area contributed by atoms with Crippen LogP contribution in [0, 0.1) is 29.6 Å². The van der Waals surface area contributed by atoms with E-state index in [1.165, 1.54) is 44.9 Å². The summed E-state index contributed by atoms with van der Waals surface area (Å²) in [4.78, 5) is 0. The fraction of sp³-hybridized carbons (Fsp3) is 0.467. The van der Waals surface area contributed by atoms with E-state index in [0.717, 1.165) is 11.8 Å². The fourth-order valence-corrected chi connectivity index (χ4v) is 7.50. The standard InChI is InChI=1S/C30H36/c1-2-13-23-22-29(28-21-12-11-20-27(23)28)30(26-18-9-10-19-26,24-14-5-3-6-15-24)25-16-7-4-8-17-25/h3-8,11-12,14-17,20-21,23,26-29H,2,9-10,13,18-19,22H2,1H3. The summed E-state index contributed by atoms with van der Waals surface area (Å²) in [6, 6.07) is 23.2. The molecule has 2 fully saturated rings. The van der Waals surface area contributed by atoms with Crippen molar-refractivity contribution in [1.29, 1.82) is 0 Å². The molecule has 0 bridgehead atoms. The number of benzene rings is 2. The highest BCUT2D eigenvalue weighted by molar-refractivity contribution is 5.44. The van der Waals surface area contributed by atoms with Gasteiger partial charge in [-0.1, -0.05) is 118 Å². The molecule has 5 rings (SSSR count). The molecule has 0 nitrogen and oxygen atoms in total. The van der Waals surface area contributed by atoms with E-state index in [2.05, 4.69) is 91.9 Å². The molecular formula is C30H36. The molecule has 0 N–H and O–H groups in total. The monoisotopic (exact) mass is 396 g/mol. The number of allylic oxidation sites excluding steroid dienone is 4. The molecule has 3 aliphatic carbocycles. The predicted octanol–water partition coefficient (Wildman–Crippen LogP) is 7.96. The maximum absolute atomic E-state index is 2.57. The summed E-state index contributed by atoms with van der Waals surface area (Å²) in [6.45, 7) is 2.36. The maximum atomic E-state index is 2.57. The van der Waals surface area contributed by atoms with Crippen LogP contribution in [0.1, 0.15) is 63.0 Å². The summed E-state index contributed by atoms with van der Waals surface area (Å²) in [5, 5.41) is 0. The zero-order valence-electron chi connectivity index (χ0n) is 18.4. The summed E-state index contributed by atoms with van der Waals surface area (Å²) >= 11 is 0. The quantitative estimate of drug-likeness (QED) is 0.464. The van der Waals surface area contributed by atoms with Crippen LogP contribution in [0.4, 0.5) is 0 Å². The third-order valence-corrected chi connectivity index (χ3v) is 8.53. The van der Waals surface area contributed by atoms with Gasteiger partial charge in [0.1, 0.15) is 0 Å². The summed E-state index contributed by atoms with van der Waals surface area (Å²) in [6.07, 6.45) is 19.3. The topological polar surface area (TPSA) is 0 Å². The molecule has 2 aromatic rings. The molecule has 0 amide bonds. The van der Waals surface area contributed by atoms with Gasteiger partial charge in [0.05, 0.1) is 0 Å². The number of rotatable bonds is 6. The van der Waals surface area contributed by atoms with E-state index in [9.17, 15) is 0 Å². The van der Waals surface area contributed by atoms with Crippen LogP contribution >= 0.6 is 0 Å². The van der Waals surface area contributed by atoms with Crippen molar-refractivity contribution >= 4 is 0 Å². The van der Waals surface area contributed by atoms with Crippen LogP contribution in [0.5, 0.6) is 0 Å². The minimum atomic E-state index is 0.125. The highest BCUT2D eigenvalue weighted by Crippen LogP contribution is 2.61. The molecular weight excluding hydrogens is 360 g/mol. The Balaban J connectivity index is 1.72. The van der Waals surface area contributed by atoms with E-state index >= 15 is 0 Å². The maximum Gasteiger partial charge on any atom is 0.0265 e. The minimum absolute atomic E-state index is 0.125. The molecule has 0 spiro atoms. The van der Waals surface area contributed by atoms with Gasteiger partial charge in [-0.05, 0) is 60.0 Å². The Morgan fingerprint density at radius 3 is 1.90 bits per heavy atom. The first kappa shape index (κ1) is 19.9. The van der Waals surface area contributed by atoms with Crippen LogP contribution in [0.3, 0.4) is 0 Å². The normalized spacial score (nSPS) is 28.7. The van der Waals surface area contributed by atoms with Crippen LogP contribution in [-0.2, 0) is 5.41 Å². The van der Waals surface area contributed by atoms with Crippen molar-refractivity contribution < 1.29 is 0 Å². The van der Waals surface area contributed by atoms with Gasteiger partial charge in [-0.3, -0.25) is 0 Å². The number of fused-ring (bicyclic) bond motifs is 1. The Labute approximate surface area is 183 Å². The zero-order valence-corrected chi connectivity index (χ0v) is 18.4. The van der Waals surface area contributed by atoms with Gasteiger partial charge in [0, 0.05) is 5.41 Å². The molecule has 0 radical (unpaired) electrons. The molecule has 0 saturated heterocycles. The summed E-state index contributed by atoms with van der Waals surface area (Å²) in [7, 11) is 0. The zero-order chi connectivity index (χ0) is 20.4. The predicted molar refractivity (Wildman–Crippen MR) is 127 cm³/mol. The Morgan fingerprint density at radius 2 is 1.33 bits per heavy atom. The van der Waals surface area contributed by atoms with Crippen molar-refractivity contribution in [3.05, 3.63) is 96.1 Å². The van der Waals surface area contributed by atoms with Crippen molar-refractivity contribution in [3.63, 3.8) is 0 Å². The molecule has 0 aromatic heterocycles. The van der Waals surface area contributed by atoms with Gasteiger partial charge in [-0.2, -0.15) is 0 Å². The van der Waals surface area contributed by atoms with Crippen molar-refractivity contribution in [2.24, 2.45) is 29.6 Å². The summed E-state index contributed by atoms with van der Waals surface area (Å²) < 4.78 is 0. The van der Waals surface area contributed by atoms with E-state index in [-0.39, 0.29) is 5.41 Å². The van der Waals surface area contributed by atoms with Crippen LogP contribution in [0.25, 0.3) is 0 Å². The van der Waals surface area contributed by atoms with Crippen LogP contribution in [-0.4, -0.2) is 0 Å². The Bertz CT molecular complexity index is 829. The molecule has 30 heavy (non-hydrogen) atoms. The van der Waals surface area contributed by atoms with Gasteiger partial charge >= 0.3 is 0 Å². The molecule has 2 aromatic carbocycles. The lowest BCUT2D eigenvalue weighted by atomic mass is 9.55. The van der Waals surface area contributed by atoms with E-state index in [1.54, 1.807) is 11.1 Å². The summed E-state index contributed by atoms with van der Waals surface area (Å²) in [5.74, 6) is 3.61. The molecule has 0 aliphatic heterocycles. The van der Waals surface area contributed by atoms with Gasteiger partial charge in [0.25, 0.3) is 0 Å². The minimum Gasteiger partial charge on any atom is -0.0806 e. The van der Waals surface area contributed by atoms with Crippen molar-refractivity contribution in [1.82, 2.24) is 0 Å². The molecule has 4 atom stereocenters. The molecule has 4 unspecified atom stereocenters. The van der Waals surface area contributed by atoms with Crippen LogP contribution < -0.4 is 0 Å². The average Bonchev–Trinajstić information content (AvgIpc) is 3.46. The van der Waals surface area contributed by atoms with Gasteiger partial charge in [-0.15, -0.1) is 0 Å². The van der Waals surface area contributed by atoms with Gasteiger partial charge < -0.3 is 0 Å². The van der Waals surface area contributed by atoms with E-state index < -0.39 is 0 Å². The van der Waals surface area contributed by atoms with Crippen molar-refractivity contribution in [2.75, 3.05) is 0 Å². The Hall–Kier alpha value is -2.08. The second-order valence-corrected chi connectivity index (χ2v) is 9.90. The molecule has 0 heteroatoms. The largest absolute Gasteiger partial charge is 0.0806 e. The second kappa shape index (κ2) is 8.58. The Morgan fingerprint density at radius 1 is 0.767 bits per heavy atom. The molecule has 3 aliphatic rings. The first-order chi connectivity index (χ1) is 14.9. The van der Waals surface area contributed by atoms with E-state index in [1.807, 2.05) is 0 Å². The number of hydrogen-bond donors (Lipinski definition) is 0.